The first-order valence-electron chi connectivity index (χ1n) is 18.5. The number of rotatable bonds is 12. The van der Waals surface area contributed by atoms with Crippen LogP contribution in [0.15, 0.2) is 59.8 Å². The number of alkyl halides is 3. The Morgan fingerprint density at radius 1 is 1.13 bits per heavy atom. The van der Waals surface area contributed by atoms with E-state index in [-0.39, 0.29) is 48.5 Å². The van der Waals surface area contributed by atoms with Gasteiger partial charge in [-0.05, 0) is 134 Å². The van der Waals surface area contributed by atoms with E-state index in [4.69, 9.17) is 31.3 Å². The number of hydrogen-bond donors (Lipinski definition) is 0. The Morgan fingerprint density at radius 3 is 2.61 bits per heavy atom. The predicted molar refractivity (Wildman–Crippen MR) is 198 cm³/mol. The molecule has 1 aromatic heterocycles. The molecule has 0 saturated heterocycles. The number of methoxy groups -OCH3 is 1. The van der Waals surface area contributed by atoms with E-state index in [1.165, 1.54) is 29.8 Å². The standard InChI is InChI=1S/C40H45ClF3N5O5/c1-25(24-54-34-12-17-46-33-9-4-6-26(2)35(33)34)20-28-21-27-10-11-31(53-19-18-47-48-45)23-32(27)38(28)13-15-39(16-14-38,37(51)52-3)49(36(50)40(42,43)44)30-8-5-7-29(41)22-30/h5,7-8,10-12,17,22-23,25-26,28H,4,6,9,13-16,18-21,24H2,1-3H3/t25-,26-,28+,38?,39?/m1/s1. The second-order valence-corrected chi connectivity index (χ2v) is 15.4. The average molecular weight is 768 g/mol. The molecule has 14 heteroatoms. The zero-order valence-electron chi connectivity index (χ0n) is 30.7. The highest BCUT2D eigenvalue weighted by atomic mass is 35.5. The Balaban J connectivity index is 1.33. The number of aromatic nitrogens is 1. The fraction of sp³-hybridized carbons (Fsp3) is 0.525. The summed E-state index contributed by atoms with van der Waals surface area (Å²) in [4.78, 5) is 35.1. The van der Waals surface area contributed by atoms with Gasteiger partial charge < -0.3 is 14.2 Å². The minimum atomic E-state index is -5.27. The van der Waals surface area contributed by atoms with Crippen LogP contribution < -0.4 is 14.4 Å². The number of halogens is 4. The van der Waals surface area contributed by atoms with Crippen LogP contribution >= 0.6 is 11.6 Å². The number of hydrogen-bond acceptors (Lipinski definition) is 7. The number of nitrogens with zero attached hydrogens (tertiary/aromatic N) is 5. The van der Waals surface area contributed by atoms with Crippen molar-refractivity contribution in [2.75, 3.05) is 31.8 Å². The number of esters is 1. The Labute approximate surface area is 317 Å². The SMILES string of the molecule is COC(=O)C1(N(C(=O)C(F)(F)F)c2cccc(Cl)c2)CCC2(CC1)c1cc(OCCN=[N+]=[N-])ccc1C[C@@H]2C[C@@H](C)COc1ccnc2c1[C@H](C)CCC2. The number of azide groups is 1. The van der Waals surface area contributed by atoms with Gasteiger partial charge in [0.2, 0.25) is 0 Å². The van der Waals surface area contributed by atoms with Crippen LogP contribution in [0.4, 0.5) is 18.9 Å². The summed E-state index contributed by atoms with van der Waals surface area (Å²) in [7, 11) is 1.12. The van der Waals surface area contributed by atoms with E-state index < -0.39 is 29.0 Å². The highest BCUT2D eigenvalue weighted by molar-refractivity contribution is 6.31. The maximum absolute atomic E-state index is 14.3. The van der Waals surface area contributed by atoms with Crippen LogP contribution in [-0.2, 0) is 32.6 Å². The summed E-state index contributed by atoms with van der Waals surface area (Å²) in [5, 5.41) is 3.67. The Kier molecular flexibility index (Phi) is 11.7. The summed E-state index contributed by atoms with van der Waals surface area (Å²) in [6.45, 7) is 5.13. The number of anilines is 1. The van der Waals surface area contributed by atoms with Crippen LogP contribution in [-0.4, -0.2) is 55.4 Å². The van der Waals surface area contributed by atoms with Crippen molar-refractivity contribution in [3.05, 3.63) is 92.6 Å². The van der Waals surface area contributed by atoms with E-state index in [1.807, 2.05) is 24.3 Å². The van der Waals surface area contributed by atoms with Gasteiger partial charge in [0.1, 0.15) is 17.0 Å². The lowest BCUT2D eigenvalue weighted by Crippen LogP contribution is -2.63. The summed E-state index contributed by atoms with van der Waals surface area (Å²) in [6, 6.07) is 13.3. The van der Waals surface area contributed by atoms with E-state index in [0.29, 0.717) is 42.4 Å². The molecule has 1 spiro atoms. The summed E-state index contributed by atoms with van der Waals surface area (Å²) >= 11 is 6.22. The van der Waals surface area contributed by atoms with Crippen LogP contribution in [0.25, 0.3) is 10.4 Å². The number of ether oxygens (including phenoxy) is 3. The van der Waals surface area contributed by atoms with Gasteiger partial charge in [0.25, 0.3) is 0 Å². The van der Waals surface area contributed by atoms with E-state index in [0.717, 1.165) is 55.4 Å². The van der Waals surface area contributed by atoms with Gasteiger partial charge in [-0.2, -0.15) is 13.2 Å². The zero-order chi connectivity index (χ0) is 38.7. The Hall–Kier alpha value is -4.48. The lowest BCUT2D eigenvalue weighted by Gasteiger charge is -2.51. The number of carbonyl (C=O) groups is 2. The highest BCUT2D eigenvalue weighted by Crippen LogP contribution is 2.58. The monoisotopic (exact) mass is 767 g/mol. The van der Waals surface area contributed by atoms with Gasteiger partial charge in [0.15, 0.2) is 0 Å². The maximum Gasteiger partial charge on any atom is 0.471 e. The molecule has 0 N–H and O–H groups in total. The summed E-state index contributed by atoms with van der Waals surface area (Å²) < 4.78 is 60.7. The van der Waals surface area contributed by atoms with Crippen molar-refractivity contribution in [3.63, 3.8) is 0 Å². The van der Waals surface area contributed by atoms with E-state index in [1.54, 1.807) is 6.20 Å². The lowest BCUT2D eigenvalue weighted by molar-refractivity contribution is -0.174. The first kappa shape index (κ1) is 39.2. The molecule has 288 valence electrons. The number of carbonyl (C=O) groups excluding carboxylic acids is 2. The first-order valence-corrected chi connectivity index (χ1v) is 18.8. The van der Waals surface area contributed by atoms with Crippen LogP contribution in [0, 0.1) is 11.8 Å². The number of aryl methyl sites for hydroxylation is 1. The van der Waals surface area contributed by atoms with Crippen LogP contribution in [0.5, 0.6) is 11.5 Å². The van der Waals surface area contributed by atoms with E-state index >= 15 is 0 Å². The van der Waals surface area contributed by atoms with E-state index in [9.17, 15) is 22.8 Å². The zero-order valence-corrected chi connectivity index (χ0v) is 31.5. The van der Waals surface area contributed by atoms with Crippen LogP contribution in [0.2, 0.25) is 5.02 Å². The molecule has 1 saturated carbocycles. The minimum Gasteiger partial charge on any atom is -0.493 e. The fourth-order valence-corrected chi connectivity index (χ4v) is 9.36. The molecule has 3 aromatic rings. The Bertz CT molecular complexity index is 1910. The molecule has 54 heavy (non-hydrogen) atoms. The van der Waals surface area contributed by atoms with Crippen molar-refractivity contribution in [2.24, 2.45) is 17.0 Å². The molecule has 0 unspecified atom stereocenters. The van der Waals surface area contributed by atoms with Crippen molar-refractivity contribution in [2.45, 2.75) is 94.7 Å². The first-order chi connectivity index (χ1) is 25.8. The van der Waals surface area contributed by atoms with Gasteiger partial charge in [-0.1, -0.05) is 42.7 Å². The molecular formula is C40H45ClF3N5O5. The second kappa shape index (κ2) is 16.1. The van der Waals surface area contributed by atoms with E-state index in [2.05, 4.69) is 28.9 Å². The van der Waals surface area contributed by atoms with Crippen molar-refractivity contribution in [1.29, 1.82) is 0 Å². The second-order valence-electron chi connectivity index (χ2n) is 14.9. The lowest BCUT2D eigenvalue weighted by atomic mass is 9.59. The molecule has 0 radical (unpaired) electrons. The molecule has 3 aliphatic carbocycles. The van der Waals surface area contributed by atoms with Gasteiger partial charge in [0, 0.05) is 33.1 Å². The number of amides is 1. The summed E-state index contributed by atoms with van der Waals surface area (Å²) in [5.74, 6) is -1.14. The third-order valence-corrected chi connectivity index (χ3v) is 11.9. The quantitative estimate of drug-likeness (QED) is 0.0594. The van der Waals surface area contributed by atoms with Gasteiger partial charge in [-0.25, -0.2) is 4.79 Å². The molecule has 1 fully saturated rings. The molecule has 2 aromatic carbocycles. The molecule has 0 bridgehead atoms. The van der Waals surface area contributed by atoms with Crippen LogP contribution in [0.1, 0.15) is 87.1 Å². The van der Waals surface area contributed by atoms with Crippen molar-refractivity contribution in [3.8, 4) is 11.5 Å². The van der Waals surface area contributed by atoms with Gasteiger partial charge in [-0.3, -0.25) is 14.7 Å². The predicted octanol–water partition coefficient (Wildman–Crippen LogP) is 9.46. The fourth-order valence-electron chi connectivity index (χ4n) is 9.18. The number of benzene rings is 2. The summed E-state index contributed by atoms with van der Waals surface area (Å²) in [6.07, 6.45) is 1.53. The third-order valence-electron chi connectivity index (χ3n) is 11.6. The van der Waals surface area contributed by atoms with Crippen molar-refractivity contribution >= 4 is 29.2 Å². The number of pyridine rings is 1. The smallest absolute Gasteiger partial charge is 0.471 e. The summed E-state index contributed by atoms with van der Waals surface area (Å²) in [5.41, 5.74) is 10.4. The minimum absolute atomic E-state index is 0.0448. The molecule has 3 atom stereocenters. The maximum atomic E-state index is 14.3. The van der Waals surface area contributed by atoms with Gasteiger partial charge in [0.05, 0.1) is 26.9 Å². The topological polar surface area (TPSA) is 127 Å². The molecule has 10 nitrogen and oxygen atoms in total. The third kappa shape index (κ3) is 7.71. The van der Waals surface area contributed by atoms with Gasteiger partial charge in [-0.15, -0.1) is 0 Å². The molecular weight excluding hydrogens is 723 g/mol. The molecule has 1 amide bonds. The normalized spacial score (nSPS) is 23.8. The largest absolute Gasteiger partial charge is 0.493 e. The van der Waals surface area contributed by atoms with Crippen LogP contribution in [0.3, 0.4) is 0 Å². The molecule has 3 aliphatic rings. The van der Waals surface area contributed by atoms with Crippen molar-refractivity contribution in [1.82, 2.24) is 4.98 Å². The molecule has 1 heterocycles. The number of fused-ring (bicyclic) bond motifs is 3. The average Bonchev–Trinajstić information content (AvgIpc) is 3.43. The molecule has 0 aliphatic heterocycles. The highest BCUT2D eigenvalue weighted by Gasteiger charge is 2.60. The van der Waals surface area contributed by atoms with Crippen molar-refractivity contribution < 1.29 is 37.0 Å². The Morgan fingerprint density at radius 2 is 1.91 bits per heavy atom. The van der Waals surface area contributed by atoms with Gasteiger partial charge >= 0.3 is 18.1 Å². The molecule has 6 rings (SSSR count).